The van der Waals surface area contributed by atoms with E-state index in [2.05, 4.69) is 19.8 Å². The van der Waals surface area contributed by atoms with Gasteiger partial charge in [0.05, 0.1) is 6.10 Å². The highest BCUT2D eigenvalue weighted by atomic mass is 32.2. The van der Waals surface area contributed by atoms with Crippen LogP contribution >= 0.6 is 23.3 Å². The van der Waals surface area contributed by atoms with Crippen LogP contribution < -0.4 is 11.1 Å². The zero-order valence-electron chi connectivity index (χ0n) is 17.6. The van der Waals surface area contributed by atoms with Crippen LogP contribution in [0.1, 0.15) is 12.2 Å². The van der Waals surface area contributed by atoms with Gasteiger partial charge in [-0.25, -0.2) is 4.79 Å². The maximum Gasteiger partial charge on any atom is 0.352 e. The maximum absolute atomic E-state index is 12.8. The summed E-state index contributed by atoms with van der Waals surface area (Å²) in [6.07, 6.45) is 4.13. The molecular formula is C18H21N7O6S2. The predicted octanol–water partition coefficient (Wildman–Crippen LogP) is -0.599. The smallest absolute Gasteiger partial charge is 0.352 e. The molecule has 3 atom stereocenters. The SMILES string of the molecule is CO/N=C(\C(=O)N[C@@H]1C(=O)N2C(C(=O)O)=C(/C=C/C3CCN(C)O3)CS[C@H]12)c1nsc(N)n1. The molecule has 13 nitrogen and oxygen atoms in total. The van der Waals surface area contributed by atoms with E-state index in [0.717, 1.165) is 24.5 Å². The number of anilines is 1. The van der Waals surface area contributed by atoms with Crippen molar-refractivity contribution in [3.05, 3.63) is 29.2 Å². The molecule has 176 valence electrons. The third-order valence-corrected chi connectivity index (χ3v) is 6.94. The third-order valence-electron chi connectivity index (χ3n) is 5.09. The number of nitrogens with zero attached hydrogens (tertiary/aromatic N) is 5. The van der Waals surface area contributed by atoms with E-state index in [1.165, 1.54) is 23.8 Å². The largest absolute Gasteiger partial charge is 0.477 e. The Kier molecular flexibility index (Phi) is 6.64. The quantitative estimate of drug-likeness (QED) is 0.250. The van der Waals surface area contributed by atoms with Gasteiger partial charge in [0.1, 0.15) is 24.2 Å². The standard InChI is InChI=1S/C18H21N7O6S2/c1-24-6-5-9(31-24)4-3-8-7-32-16-11(15(27)25(16)12(8)17(28)29)20-14(26)10(22-30-2)13-21-18(19)33-23-13/h3-4,9,11,16H,5-7H2,1-2H3,(H,20,26)(H,28,29)(H2,19,21,23)/b4-3+,22-10-/t9?,11-,16-/m1/s1. The topological polar surface area (TPSA) is 173 Å². The Hall–Kier alpha value is -3.01. The number of aromatic nitrogens is 2. The first-order valence-corrected chi connectivity index (χ1v) is 11.6. The number of carbonyl (C=O) groups is 3. The highest BCUT2D eigenvalue weighted by Gasteiger charge is 2.54. The van der Waals surface area contributed by atoms with Gasteiger partial charge in [-0.15, -0.1) is 11.8 Å². The number of β-lactam (4-membered cyclic amide) rings is 1. The molecule has 0 spiro atoms. The molecule has 0 saturated carbocycles. The van der Waals surface area contributed by atoms with E-state index in [1.807, 2.05) is 7.05 Å². The molecule has 4 rings (SSSR count). The lowest BCUT2D eigenvalue weighted by atomic mass is 10.0. The molecule has 1 aromatic heterocycles. The highest BCUT2D eigenvalue weighted by molar-refractivity contribution is 8.00. The van der Waals surface area contributed by atoms with E-state index < -0.39 is 29.2 Å². The lowest BCUT2D eigenvalue weighted by molar-refractivity contribution is -0.150. The number of amides is 2. The zero-order chi connectivity index (χ0) is 23.7. The van der Waals surface area contributed by atoms with Gasteiger partial charge in [-0.1, -0.05) is 17.3 Å². The predicted molar refractivity (Wildman–Crippen MR) is 119 cm³/mol. The number of aliphatic carboxylic acids is 1. The summed E-state index contributed by atoms with van der Waals surface area (Å²) in [7, 11) is 3.08. The minimum absolute atomic E-state index is 0.0323. The lowest BCUT2D eigenvalue weighted by Crippen LogP contribution is -2.71. The number of nitrogens with one attached hydrogen (secondary N) is 1. The van der Waals surface area contributed by atoms with Crippen molar-refractivity contribution in [1.82, 2.24) is 24.6 Å². The molecule has 0 bridgehead atoms. The van der Waals surface area contributed by atoms with Gasteiger partial charge in [-0.2, -0.15) is 14.4 Å². The van der Waals surface area contributed by atoms with Crippen LogP contribution in [0.2, 0.25) is 0 Å². The van der Waals surface area contributed by atoms with E-state index in [4.69, 9.17) is 15.4 Å². The van der Waals surface area contributed by atoms with Crippen LogP contribution in [0.4, 0.5) is 5.13 Å². The minimum atomic E-state index is -1.22. The molecule has 4 heterocycles. The van der Waals surface area contributed by atoms with E-state index in [9.17, 15) is 19.5 Å². The Balaban J connectivity index is 1.50. The van der Waals surface area contributed by atoms with Crippen molar-refractivity contribution < 1.29 is 29.2 Å². The first kappa shape index (κ1) is 23.2. The Morgan fingerprint density at radius 1 is 1.45 bits per heavy atom. The molecule has 2 amide bonds. The van der Waals surface area contributed by atoms with Crippen LogP contribution in [0.3, 0.4) is 0 Å². The third kappa shape index (κ3) is 4.57. The average molecular weight is 496 g/mol. The van der Waals surface area contributed by atoms with E-state index >= 15 is 0 Å². The fourth-order valence-electron chi connectivity index (χ4n) is 3.59. The first-order valence-electron chi connectivity index (χ1n) is 9.79. The molecule has 4 N–H and O–H groups in total. The number of thioether (sulfide) groups is 1. The number of oxime groups is 1. The number of hydrogen-bond donors (Lipinski definition) is 3. The molecule has 1 unspecified atom stereocenters. The maximum atomic E-state index is 12.8. The Labute approximate surface area is 196 Å². The van der Waals surface area contributed by atoms with Gasteiger partial charge in [-0.05, 0) is 12.0 Å². The fraction of sp³-hybridized carbons (Fsp3) is 0.444. The summed E-state index contributed by atoms with van der Waals surface area (Å²) in [6, 6.07) is -0.938. The van der Waals surface area contributed by atoms with Crippen LogP contribution in [0.25, 0.3) is 0 Å². The molecule has 15 heteroatoms. The van der Waals surface area contributed by atoms with Crippen LogP contribution in [0, 0.1) is 0 Å². The number of nitrogen functional groups attached to an aromatic ring is 1. The molecule has 2 saturated heterocycles. The van der Waals surface area contributed by atoms with Gasteiger partial charge in [0.25, 0.3) is 11.8 Å². The molecule has 0 aromatic carbocycles. The summed E-state index contributed by atoms with van der Waals surface area (Å²) in [5, 5.41) is 17.3. The number of hydrogen-bond acceptors (Lipinski definition) is 12. The Morgan fingerprint density at radius 3 is 2.85 bits per heavy atom. The van der Waals surface area contributed by atoms with Crippen molar-refractivity contribution in [1.29, 1.82) is 0 Å². The van der Waals surface area contributed by atoms with Crippen LogP contribution in [0.15, 0.2) is 28.6 Å². The van der Waals surface area contributed by atoms with Crippen molar-refractivity contribution in [3.63, 3.8) is 0 Å². The van der Waals surface area contributed by atoms with Crippen molar-refractivity contribution in [2.24, 2.45) is 5.16 Å². The summed E-state index contributed by atoms with van der Waals surface area (Å²) in [5.74, 6) is -2.17. The van der Waals surface area contributed by atoms with Crippen molar-refractivity contribution in [2.45, 2.75) is 23.9 Å². The first-order chi connectivity index (χ1) is 15.8. The minimum Gasteiger partial charge on any atom is -0.477 e. The molecule has 3 aliphatic heterocycles. The number of carboxylic acid groups (broad SMARTS) is 1. The van der Waals surface area contributed by atoms with E-state index in [-0.39, 0.29) is 28.5 Å². The Bertz CT molecular complexity index is 1070. The van der Waals surface area contributed by atoms with Crippen LogP contribution in [-0.4, -0.2) is 91.9 Å². The van der Waals surface area contributed by atoms with E-state index in [1.54, 1.807) is 17.2 Å². The van der Waals surface area contributed by atoms with Gasteiger partial charge in [0, 0.05) is 30.9 Å². The van der Waals surface area contributed by atoms with Gasteiger partial charge in [0.15, 0.2) is 5.13 Å². The molecule has 2 fully saturated rings. The second kappa shape index (κ2) is 9.46. The lowest BCUT2D eigenvalue weighted by Gasteiger charge is -2.49. The number of nitrogens with two attached hydrogens (primary N) is 1. The van der Waals surface area contributed by atoms with Crippen LogP contribution in [-0.2, 0) is 24.1 Å². The second-order valence-corrected chi connectivity index (χ2v) is 9.15. The van der Waals surface area contributed by atoms with E-state index in [0.29, 0.717) is 11.3 Å². The number of carboxylic acids is 1. The van der Waals surface area contributed by atoms with Crippen molar-refractivity contribution >= 4 is 51.9 Å². The normalized spacial score (nSPS) is 25.9. The van der Waals surface area contributed by atoms with Crippen LogP contribution in [0.5, 0.6) is 0 Å². The molecular weight excluding hydrogens is 474 g/mol. The highest BCUT2D eigenvalue weighted by Crippen LogP contribution is 2.40. The van der Waals surface area contributed by atoms with Crippen molar-refractivity contribution in [2.75, 3.05) is 32.2 Å². The molecule has 0 aliphatic carbocycles. The van der Waals surface area contributed by atoms with Gasteiger partial charge in [0.2, 0.25) is 11.5 Å². The molecule has 1 aromatic rings. The summed E-state index contributed by atoms with van der Waals surface area (Å²) in [4.78, 5) is 52.9. The summed E-state index contributed by atoms with van der Waals surface area (Å²) < 4.78 is 3.94. The average Bonchev–Trinajstić information content (AvgIpc) is 3.40. The number of carbonyl (C=O) groups excluding carboxylic acids is 2. The van der Waals surface area contributed by atoms with Gasteiger partial charge in [-0.3, -0.25) is 19.3 Å². The molecule has 3 aliphatic rings. The molecule has 0 radical (unpaired) electrons. The monoisotopic (exact) mass is 495 g/mol. The number of rotatable bonds is 7. The second-order valence-electron chi connectivity index (χ2n) is 7.26. The number of hydroxylamine groups is 2. The summed E-state index contributed by atoms with van der Waals surface area (Å²) in [6.45, 7) is 0.778. The number of fused-ring (bicyclic) bond motifs is 1. The number of allylic oxidation sites excluding steroid dienone is 1. The van der Waals surface area contributed by atoms with Crippen molar-refractivity contribution in [3.8, 4) is 0 Å². The summed E-state index contributed by atoms with van der Waals surface area (Å²) >= 11 is 2.23. The van der Waals surface area contributed by atoms with Gasteiger partial charge < -0.3 is 21.0 Å². The Morgan fingerprint density at radius 2 is 2.24 bits per heavy atom. The zero-order valence-corrected chi connectivity index (χ0v) is 19.3. The van der Waals surface area contributed by atoms with Gasteiger partial charge >= 0.3 is 5.97 Å². The fourth-order valence-corrected chi connectivity index (χ4v) is 5.34. The molecule has 33 heavy (non-hydrogen) atoms. The summed E-state index contributed by atoms with van der Waals surface area (Å²) in [5.41, 5.74) is 5.73.